The maximum Gasteiger partial charge on any atom is 0.119 e. The first-order valence-corrected chi connectivity index (χ1v) is 5.25. The maximum absolute atomic E-state index is 5.70. The van der Waals surface area contributed by atoms with Gasteiger partial charge in [0, 0.05) is 6.04 Å². The fraction of sp³-hybridized carbons (Fsp3) is 0.500. The van der Waals surface area contributed by atoms with Crippen molar-refractivity contribution in [3.05, 3.63) is 30.3 Å². The van der Waals surface area contributed by atoms with Crippen LogP contribution >= 0.6 is 0 Å². The average molecular weight is 191 g/mol. The zero-order chi connectivity index (χ0) is 9.80. The third-order valence-corrected chi connectivity index (χ3v) is 2.73. The lowest BCUT2D eigenvalue weighted by atomic mass is 10.2. The van der Waals surface area contributed by atoms with E-state index in [9.17, 15) is 0 Å². The molecule has 0 bridgehead atoms. The SMILES string of the molecule is CNC(COc1ccccc1)C1CC1. The molecule has 76 valence electrons. The van der Waals surface area contributed by atoms with Crippen molar-refractivity contribution in [2.24, 2.45) is 5.92 Å². The first kappa shape index (κ1) is 9.53. The average Bonchev–Trinajstić information content (AvgIpc) is 3.05. The van der Waals surface area contributed by atoms with Crippen LogP contribution in [0.25, 0.3) is 0 Å². The quantitative estimate of drug-likeness (QED) is 0.769. The Morgan fingerprint density at radius 1 is 1.36 bits per heavy atom. The molecule has 0 spiro atoms. The Kier molecular flexibility index (Phi) is 3.04. The molecule has 1 aliphatic carbocycles. The van der Waals surface area contributed by atoms with Crippen molar-refractivity contribution in [3.63, 3.8) is 0 Å². The maximum atomic E-state index is 5.70. The summed E-state index contributed by atoms with van der Waals surface area (Å²) in [5.74, 6) is 1.80. The Morgan fingerprint density at radius 3 is 2.64 bits per heavy atom. The fourth-order valence-corrected chi connectivity index (χ4v) is 1.66. The normalized spacial score (nSPS) is 17.8. The lowest BCUT2D eigenvalue weighted by molar-refractivity contribution is 0.256. The van der Waals surface area contributed by atoms with Gasteiger partial charge >= 0.3 is 0 Å². The van der Waals surface area contributed by atoms with E-state index in [2.05, 4.69) is 5.32 Å². The predicted molar refractivity (Wildman–Crippen MR) is 57.5 cm³/mol. The number of nitrogens with one attached hydrogen (secondary N) is 1. The molecule has 1 aromatic carbocycles. The topological polar surface area (TPSA) is 21.3 Å². The monoisotopic (exact) mass is 191 g/mol. The number of hydrogen-bond donors (Lipinski definition) is 1. The van der Waals surface area contributed by atoms with Crippen molar-refractivity contribution >= 4 is 0 Å². The van der Waals surface area contributed by atoms with Gasteiger partial charge in [-0.3, -0.25) is 0 Å². The van der Waals surface area contributed by atoms with Gasteiger partial charge in [-0.2, -0.15) is 0 Å². The zero-order valence-corrected chi connectivity index (χ0v) is 8.57. The van der Waals surface area contributed by atoms with Gasteiger partial charge in [-0.15, -0.1) is 0 Å². The summed E-state index contributed by atoms with van der Waals surface area (Å²) in [5.41, 5.74) is 0. The highest BCUT2D eigenvalue weighted by Crippen LogP contribution is 2.32. The van der Waals surface area contributed by atoms with E-state index >= 15 is 0 Å². The molecule has 1 unspecified atom stereocenters. The molecule has 1 aliphatic rings. The van der Waals surface area contributed by atoms with Gasteiger partial charge in [-0.25, -0.2) is 0 Å². The second kappa shape index (κ2) is 4.47. The van der Waals surface area contributed by atoms with Crippen molar-refractivity contribution < 1.29 is 4.74 Å². The molecule has 1 aromatic rings. The van der Waals surface area contributed by atoms with Crippen LogP contribution in [0.1, 0.15) is 12.8 Å². The summed E-state index contributed by atoms with van der Waals surface area (Å²) in [6, 6.07) is 10.5. The number of rotatable bonds is 5. The van der Waals surface area contributed by atoms with E-state index in [-0.39, 0.29) is 0 Å². The number of para-hydroxylation sites is 1. The molecule has 1 atom stereocenters. The van der Waals surface area contributed by atoms with Gasteiger partial charge in [-0.1, -0.05) is 18.2 Å². The molecular weight excluding hydrogens is 174 g/mol. The van der Waals surface area contributed by atoms with Crippen LogP contribution in [0.2, 0.25) is 0 Å². The molecule has 2 heteroatoms. The number of ether oxygens (including phenoxy) is 1. The van der Waals surface area contributed by atoms with E-state index in [0.717, 1.165) is 18.3 Å². The van der Waals surface area contributed by atoms with Gasteiger partial charge in [0.25, 0.3) is 0 Å². The van der Waals surface area contributed by atoms with Crippen molar-refractivity contribution in [2.75, 3.05) is 13.7 Å². The van der Waals surface area contributed by atoms with Crippen LogP contribution in [0.15, 0.2) is 30.3 Å². The molecule has 14 heavy (non-hydrogen) atoms. The standard InChI is InChI=1S/C12H17NO/c1-13-12(10-7-8-10)9-14-11-5-3-2-4-6-11/h2-6,10,12-13H,7-9H2,1H3. The van der Waals surface area contributed by atoms with Crippen LogP contribution in [0.3, 0.4) is 0 Å². The third-order valence-electron chi connectivity index (χ3n) is 2.73. The molecule has 0 saturated heterocycles. The smallest absolute Gasteiger partial charge is 0.119 e. The summed E-state index contributed by atoms with van der Waals surface area (Å²) in [7, 11) is 2.01. The number of hydrogen-bond acceptors (Lipinski definition) is 2. The van der Waals surface area contributed by atoms with Crippen LogP contribution in [0, 0.1) is 5.92 Å². The Morgan fingerprint density at radius 2 is 2.07 bits per heavy atom. The van der Waals surface area contributed by atoms with E-state index in [0.29, 0.717) is 6.04 Å². The number of likely N-dealkylation sites (N-methyl/N-ethyl adjacent to an activating group) is 1. The summed E-state index contributed by atoms with van der Waals surface area (Å²) in [6.45, 7) is 0.783. The molecule has 1 N–H and O–H groups in total. The van der Waals surface area contributed by atoms with Gasteiger partial charge in [-0.05, 0) is 37.9 Å². The third kappa shape index (κ3) is 2.48. The molecule has 0 aliphatic heterocycles. The second-order valence-electron chi connectivity index (χ2n) is 3.86. The number of benzene rings is 1. The highest BCUT2D eigenvalue weighted by atomic mass is 16.5. The molecule has 1 saturated carbocycles. The molecule has 0 aromatic heterocycles. The van der Waals surface area contributed by atoms with E-state index in [4.69, 9.17) is 4.74 Å². The van der Waals surface area contributed by atoms with Crippen LogP contribution in [-0.4, -0.2) is 19.7 Å². The highest BCUT2D eigenvalue weighted by Gasteiger charge is 2.30. The minimum absolute atomic E-state index is 0.523. The van der Waals surface area contributed by atoms with Crippen molar-refractivity contribution in [2.45, 2.75) is 18.9 Å². The molecule has 1 fully saturated rings. The summed E-state index contributed by atoms with van der Waals surface area (Å²) in [5, 5.41) is 3.31. The Bertz CT molecular complexity index is 269. The predicted octanol–water partition coefficient (Wildman–Crippen LogP) is 2.06. The van der Waals surface area contributed by atoms with Gasteiger partial charge in [0.05, 0.1) is 0 Å². The van der Waals surface area contributed by atoms with E-state index < -0.39 is 0 Å². The van der Waals surface area contributed by atoms with Crippen LogP contribution < -0.4 is 10.1 Å². The minimum Gasteiger partial charge on any atom is -0.492 e. The molecule has 0 amide bonds. The minimum atomic E-state index is 0.523. The highest BCUT2D eigenvalue weighted by molar-refractivity contribution is 5.21. The van der Waals surface area contributed by atoms with Crippen LogP contribution in [0.4, 0.5) is 0 Å². The summed E-state index contributed by atoms with van der Waals surface area (Å²) >= 11 is 0. The van der Waals surface area contributed by atoms with Gasteiger partial charge in [0.1, 0.15) is 12.4 Å². The summed E-state index contributed by atoms with van der Waals surface area (Å²) in [6.07, 6.45) is 2.70. The Balaban J connectivity index is 1.81. The van der Waals surface area contributed by atoms with Crippen molar-refractivity contribution in [3.8, 4) is 5.75 Å². The lowest BCUT2D eigenvalue weighted by Crippen LogP contribution is -2.33. The van der Waals surface area contributed by atoms with E-state index in [1.807, 2.05) is 37.4 Å². The van der Waals surface area contributed by atoms with Crippen LogP contribution in [-0.2, 0) is 0 Å². The van der Waals surface area contributed by atoms with E-state index in [1.165, 1.54) is 12.8 Å². The lowest BCUT2D eigenvalue weighted by Gasteiger charge is -2.15. The molecule has 2 rings (SSSR count). The second-order valence-corrected chi connectivity index (χ2v) is 3.86. The fourth-order valence-electron chi connectivity index (χ4n) is 1.66. The summed E-state index contributed by atoms with van der Waals surface area (Å²) < 4.78 is 5.70. The zero-order valence-electron chi connectivity index (χ0n) is 8.57. The van der Waals surface area contributed by atoms with Crippen LogP contribution in [0.5, 0.6) is 5.75 Å². The van der Waals surface area contributed by atoms with Gasteiger partial charge in [0.2, 0.25) is 0 Å². The Labute approximate surface area is 85.3 Å². The van der Waals surface area contributed by atoms with Crippen molar-refractivity contribution in [1.29, 1.82) is 0 Å². The molecule has 0 heterocycles. The largest absolute Gasteiger partial charge is 0.492 e. The molecule has 2 nitrogen and oxygen atoms in total. The summed E-state index contributed by atoms with van der Waals surface area (Å²) in [4.78, 5) is 0. The molecular formula is C12H17NO. The van der Waals surface area contributed by atoms with Gasteiger partial charge in [0.15, 0.2) is 0 Å². The van der Waals surface area contributed by atoms with Crippen molar-refractivity contribution in [1.82, 2.24) is 5.32 Å². The van der Waals surface area contributed by atoms with Gasteiger partial charge < -0.3 is 10.1 Å². The molecule has 0 radical (unpaired) electrons. The Hall–Kier alpha value is -1.02. The first-order chi connectivity index (χ1) is 6.90. The first-order valence-electron chi connectivity index (χ1n) is 5.25. The van der Waals surface area contributed by atoms with E-state index in [1.54, 1.807) is 0 Å².